The molecule has 0 bridgehead atoms. The van der Waals surface area contributed by atoms with Crippen molar-refractivity contribution in [3.8, 4) is 33.4 Å². The Kier molecular flexibility index (Phi) is 12.2. The lowest BCUT2D eigenvalue weighted by Crippen LogP contribution is -2.61. The van der Waals surface area contributed by atoms with Gasteiger partial charge < -0.3 is 14.7 Å². The smallest absolute Gasteiger partial charge is 0.252 e. The van der Waals surface area contributed by atoms with E-state index in [4.69, 9.17) is 0 Å². The lowest BCUT2D eigenvalue weighted by molar-refractivity contribution is 0.270. The van der Waals surface area contributed by atoms with Gasteiger partial charge in [0.1, 0.15) is 0 Å². The first-order chi connectivity index (χ1) is 42.5. The number of hydrogen-bond acceptors (Lipinski definition) is 3. The molecule has 4 heteroatoms. The van der Waals surface area contributed by atoms with Crippen LogP contribution in [0, 0.1) is 5.41 Å². The van der Waals surface area contributed by atoms with Crippen LogP contribution in [0.1, 0.15) is 113 Å². The Labute approximate surface area is 522 Å². The van der Waals surface area contributed by atoms with Gasteiger partial charge in [0.2, 0.25) is 0 Å². The number of hydrogen-bond donors (Lipinski definition) is 0. The largest absolute Gasteiger partial charge is 0.330 e. The Morgan fingerprint density at radius 1 is 0.375 bits per heavy atom. The SMILES string of the molecule is CC1(C)Cc2cc3c(cc2C1)N(c1ccc(C(C)(C)C)cc1-c1ccccc1)c1cc(N2c4ccc(C(C)(C)C)cc4C4(c5ccccc5)CCc5ccccc5C24C)cc2c1B3c1cc(-c3ccccc3)ccc1N2c1ccc(-c2ccccc2)cc1. The second-order valence-corrected chi connectivity index (χ2v) is 28.9. The average molecular weight is 1140 g/mol. The highest BCUT2D eigenvalue weighted by atomic mass is 15.3. The van der Waals surface area contributed by atoms with Gasteiger partial charge in [-0.05, 0) is 192 Å². The minimum absolute atomic E-state index is 0.0685. The van der Waals surface area contributed by atoms with Gasteiger partial charge in [-0.3, -0.25) is 0 Å². The highest BCUT2D eigenvalue weighted by Gasteiger charge is 2.63. The molecule has 2 atom stereocenters. The highest BCUT2D eigenvalue weighted by molar-refractivity contribution is 7.00. The van der Waals surface area contributed by atoms with E-state index in [1.54, 1.807) is 0 Å². The van der Waals surface area contributed by atoms with Gasteiger partial charge in [0.25, 0.3) is 6.71 Å². The van der Waals surface area contributed by atoms with E-state index in [0.29, 0.717) is 0 Å². The van der Waals surface area contributed by atoms with E-state index in [0.717, 1.165) is 31.4 Å². The first-order valence-corrected chi connectivity index (χ1v) is 32.1. The van der Waals surface area contributed by atoms with Crippen LogP contribution >= 0.6 is 0 Å². The summed E-state index contributed by atoms with van der Waals surface area (Å²) in [5.74, 6) is 0. The molecule has 11 aromatic carbocycles. The van der Waals surface area contributed by atoms with Crippen molar-refractivity contribution in [3.63, 3.8) is 0 Å². The molecule has 430 valence electrons. The van der Waals surface area contributed by atoms with Crippen molar-refractivity contribution in [3.05, 3.63) is 293 Å². The maximum atomic E-state index is 2.83. The summed E-state index contributed by atoms with van der Waals surface area (Å²) >= 11 is 0. The third kappa shape index (κ3) is 8.23. The van der Waals surface area contributed by atoms with Crippen LogP contribution in [0.3, 0.4) is 0 Å². The summed E-state index contributed by atoms with van der Waals surface area (Å²) in [7, 11) is 0. The fourth-order valence-electron chi connectivity index (χ4n) is 16.7. The van der Waals surface area contributed by atoms with Crippen LogP contribution in [-0.4, -0.2) is 6.71 Å². The Morgan fingerprint density at radius 3 is 1.56 bits per heavy atom. The number of anilines is 8. The monoisotopic (exact) mass is 1140 g/mol. The first kappa shape index (κ1) is 54.3. The van der Waals surface area contributed by atoms with Gasteiger partial charge in [-0.1, -0.05) is 250 Å². The predicted molar refractivity (Wildman–Crippen MR) is 373 cm³/mol. The molecule has 2 aliphatic carbocycles. The van der Waals surface area contributed by atoms with E-state index in [9.17, 15) is 0 Å². The molecule has 0 fully saturated rings. The van der Waals surface area contributed by atoms with Crippen molar-refractivity contribution in [1.29, 1.82) is 0 Å². The molecular weight excluding hydrogens is 1060 g/mol. The summed E-state index contributed by atoms with van der Waals surface area (Å²) < 4.78 is 0. The molecule has 0 N–H and O–H groups in total. The minimum atomic E-state index is -0.574. The quantitative estimate of drug-likeness (QED) is 0.147. The maximum absolute atomic E-state index is 2.83. The first-order valence-electron chi connectivity index (χ1n) is 32.1. The summed E-state index contributed by atoms with van der Waals surface area (Å²) in [5.41, 5.74) is 31.1. The molecule has 88 heavy (non-hydrogen) atoms. The summed E-state index contributed by atoms with van der Waals surface area (Å²) in [6.07, 6.45) is 4.03. The third-order valence-electron chi connectivity index (χ3n) is 20.9. The number of aryl methyl sites for hydroxylation is 1. The van der Waals surface area contributed by atoms with Crippen LogP contribution in [0.5, 0.6) is 0 Å². The molecule has 3 nitrogen and oxygen atoms in total. The molecule has 3 aliphatic heterocycles. The molecule has 2 unspecified atom stereocenters. The van der Waals surface area contributed by atoms with Crippen LogP contribution in [0.15, 0.2) is 249 Å². The van der Waals surface area contributed by atoms with Crippen LogP contribution in [0.25, 0.3) is 33.4 Å². The summed E-state index contributed by atoms with van der Waals surface area (Å²) in [5, 5.41) is 0. The molecule has 0 radical (unpaired) electrons. The van der Waals surface area contributed by atoms with E-state index >= 15 is 0 Å². The van der Waals surface area contributed by atoms with Crippen LogP contribution in [-0.2, 0) is 41.0 Å². The number of rotatable bonds is 7. The second-order valence-electron chi connectivity index (χ2n) is 28.9. The van der Waals surface area contributed by atoms with E-state index in [1.165, 1.54) is 134 Å². The van der Waals surface area contributed by atoms with Gasteiger partial charge in [0.15, 0.2) is 0 Å². The Morgan fingerprint density at radius 2 is 0.898 bits per heavy atom. The highest BCUT2D eigenvalue weighted by Crippen LogP contribution is 2.67. The molecule has 11 aromatic rings. The predicted octanol–water partition coefficient (Wildman–Crippen LogP) is 19.8. The van der Waals surface area contributed by atoms with Crippen LogP contribution in [0.4, 0.5) is 45.5 Å². The molecule has 0 aromatic heterocycles. The lowest BCUT2D eigenvalue weighted by atomic mass is 9.33. The molecular formula is C84H76BN3. The second kappa shape index (κ2) is 19.7. The zero-order valence-corrected chi connectivity index (χ0v) is 52.4. The fraction of sp³-hybridized carbons (Fsp3) is 0.214. The van der Waals surface area contributed by atoms with Crippen molar-refractivity contribution in [2.45, 2.75) is 110 Å². The zero-order valence-electron chi connectivity index (χ0n) is 52.4. The van der Waals surface area contributed by atoms with Crippen LogP contribution < -0.4 is 31.1 Å². The standard InChI is InChI=1S/C84H76BN3/c1-80(2,3)64-37-42-73(68(49-64)58-28-18-12-19-29-58)87-76-48-62-54-82(7,8)53-61(62)47-72(76)85-71-46-60(56-26-16-11-17-27-56)36-41-75(71)86(66-39-34-57(35-40-66)55-24-14-10-15-25-55)77-51-67(52-78(87)79(77)85)88-74-43-38-65(81(4,5)6)50-70(74)84(63-31-20-13-21-32-63)45-44-59-30-22-23-33-69(59)83(84,88)9/h10-43,46-52H,44-45,53-54H2,1-9H3. The molecule has 0 saturated carbocycles. The maximum Gasteiger partial charge on any atom is 0.252 e. The normalized spacial score (nSPS) is 18.4. The van der Waals surface area contributed by atoms with Crippen molar-refractivity contribution in [2.24, 2.45) is 5.41 Å². The van der Waals surface area contributed by atoms with Gasteiger partial charge >= 0.3 is 0 Å². The van der Waals surface area contributed by atoms with E-state index < -0.39 is 11.0 Å². The molecule has 5 aliphatic rings. The third-order valence-corrected chi connectivity index (χ3v) is 20.9. The number of benzene rings is 11. The molecule has 3 heterocycles. The minimum Gasteiger partial charge on any atom is -0.330 e. The topological polar surface area (TPSA) is 9.72 Å². The summed E-state index contributed by atoms with van der Waals surface area (Å²) in [6.45, 7) is 21.6. The Hall–Kier alpha value is -9.12. The van der Waals surface area contributed by atoms with Crippen molar-refractivity contribution in [2.75, 3.05) is 14.7 Å². The van der Waals surface area contributed by atoms with Crippen molar-refractivity contribution < 1.29 is 0 Å². The zero-order chi connectivity index (χ0) is 60.1. The molecule has 0 spiro atoms. The molecule has 16 rings (SSSR count). The van der Waals surface area contributed by atoms with Gasteiger partial charge in [-0.15, -0.1) is 0 Å². The summed E-state index contributed by atoms with van der Waals surface area (Å²) in [4.78, 5) is 8.20. The molecule has 0 saturated heterocycles. The average Bonchev–Trinajstić information content (AvgIpc) is 1.40. The summed E-state index contributed by atoms with van der Waals surface area (Å²) in [6, 6.07) is 96.3. The Balaban J connectivity index is 1.06. The Bertz CT molecular complexity index is 4570. The van der Waals surface area contributed by atoms with Crippen LogP contribution in [0.2, 0.25) is 0 Å². The van der Waals surface area contributed by atoms with Gasteiger partial charge in [0, 0.05) is 45.4 Å². The van der Waals surface area contributed by atoms with Gasteiger partial charge in [0.05, 0.1) is 16.6 Å². The van der Waals surface area contributed by atoms with Gasteiger partial charge in [-0.2, -0.15) is 0 Å². The van der Waals surface area contributed by atoms with E-state index in [-0.39, 0.29) is 23.0 Å². The lowest BCUT2D eigenvalue weighted by Gasteiger charge is -2.53. The number of fused-ring (bicyclic) bond motifs is 10. The van der Waals surface area contributed by atoms with E-state index in [2.05, 4.69) is 326 Å². The molecule has 0 amide bonds. The van der Waals surface area contributed by atoms with Gasteiger partial charge in [-0.25, -0.2) is 0 Å². The number of nitrogens with zero attached hydrogens (tertiary/aromatic N) is 3. The fourth-order valence-corrected chi connectivity index (χ4v) is 16.7. The van der Waals surface area contributed by atoms with Crippen molar-refractivity contribution >= 4 is 68.6 Å². The van der Waals surface area contributed by atoms with E-state index in [1.807, 2.05) is 0 Å². The van der Waals surface area contributed by atoms with Crippen molar-refractivity contribution in [1.82, 2.24) is 0 Å².